The zero-order valence-electron chi connectivity index (χ0n) is 13.9. The number of nitrogens with zero attached hydrogens (tertiary/aromatic N) is 1. The molecule has 1 unspecified atom stereocenters. The summed E-state index contributed by atoms with van der Waals surface area (Å²) in [4.78, 5) is 2.83. The van der Waals surface area contributed by atoms with Crippen LogP contribution in [0.2, 0.25) is 0 Å². The van der Waals surface area contributed by atoms with Crippen molar-refractivity contribution < 1.29 is 0 Å². The van der Waals surface area contributed by atoms with Crippen LogP contribution in [0.25, 0.3) is 0 Å². The molecule has 0 aromatic carbocycles. The molecule has 2 rings (SSSR count). The summed E-state index contributed by atoms with van der Waals surface area (Å²) in [6, 6.07) is 0.876. The van der Waals surface area contributed by atoms with Gasteiger partial charge in [-0.25, -0.2) is 0 Å². The first-order valence-corrected chi connectivity index (χ1v) is 9.24. The molecule has 0 radical (unpaired) electrons. The smallest absolute Gasteiger partial charge is 0.00933 e. The van der Waals surface area contributed by atoms with E-state index in [0.717, 1.165) is 6.04 Å². The highest BCUT2D eigenvalue weighted by Crippen LogP contribution is 2.37. The molecule has 2 nitrogen and oxygen atoms in total. The van der Waals surface area contributed by atoms with Crippen molar-refractivity contribution >= 4 is 0 Å². The van der Waals surface area contributed by atoms with Crippen LogP contribution >= 0.6 is 0 Å². The molecule has 2 aliphatic rings. The third-order valence-electron chi connectivity index (χ3n) is 5.60. The standard InChI is InChI=1S/C18H36N2/c1-3-13-19-15-18(11-7-5-6-8-12-18)16-20-14-9-10-17(20)4-2/h17,19H,3-16H2,1-2H3. The lowest BCUT2D eigenvalue weighted by molar-refractivity contribution is 0.116. The molecule has 1 atom stereocenters. The van der Waals surface area contributed by atoms with Crippen molar-refractivity contribution in [2.75, 3.05) is 26.2 Å². The minimum Gasteiger partial charge on any atom is -0.316 e. The summed E-state index contributed by atoms with van der Waals surface area (Å²) in [7, 11) is 0. The molecule has 1 saturated carbocycles. The Kier molecular flexibility index (Phi) is 6.83. The van der Waals surface area contributed by atoms with Gasteiger partial charge in [-0.2, -0.15) is 0 Å². The van der Waals surface area contributed by atoms with E-state index in [1.807, 2.05) is 0 Å². The van der Waals surface area contributed by atoms with Gasteiger partial charge in [-0.15, -0.1) is 0 Å². The van der Waals surface area contributed by atoms with E-state index in [0.29, 0.717) is 5.41 Å². The maximum Gasteiger partial charge on any atom is 0.00933 e. The van der Waals surface area contributed by atoms with E-state index in [9.17, 15) is 0 Å². The molecule has 118 valence electrons. The van der Waals surface area contributed by atoms with Crippen LogP contribution in [-0.2, 0) is 0 Å². The Labute approximate surface area is 126 Å². The molecular formula is C18H36N2. The van der Waals surface area contributed by atoms with Crippen LogP contribution in [0.5, 0.6) is 0 Å². The van der Waals surface area contributed by atoms with Crippen LogP contribution in [0, 0.1) is 5.41 Å². The fourth-order valence-electron chi connectivity index (χ4n) is 4.40. The highest BCUT2D eigenvalue weighted by molar-refractivity contribution is 4.90. The second-order valence-electron chi connectivity index (χ2n) is 7.27. The van der Waals surface area contributed by atoms with E-state index in [4.69, 9.17) is 0 Å². The lowest BCUT2D eigenvalue weighted by Gasteiger charge is -2.39. The summed E-state index contributed by atoms with van der Waals surface area (Å²) in [5.74, 6) is 0. The van der Waals surface area contributed by atoms with Gasteiger partial charge >= 0.3 is 0 Å². The van der Waals surface area contributed by atoms with Gasteiger partial charge in [-0.05, 0) is 57.0 Å². The molecule has 2 fully saturated rings. The van der Waals surface area contributed by atoms with Gasteiger partial charge in [0.25, 0.3) is 0 Å². The molecule has 20 heavy (non-hydrogen) atoms. The number of nitrogens with one attached hydrogen (secondary N) is 1. The molecule has 0 amide bonds. The summed E-state index contributed by atoms with van der Waals surface area (Å²) in [6.45, 7) is 9.82. The number of hydrogen-bond acceptors (Lipinski definition) is 2. The molecule has 1 N–H and O–H groups in total. The monoisotopic (exact) mass is 280 g/mol. The van der Waals surface area contributed by atoms with Crippen molar-refractivity contribution in [1.29, 1.82) is 0 Å². The molecule has 1 aliphatic heterocycles. The highest BCUT2D eigenvalue weighted by atomic mass is 15.2. The van der Waals surface area contributed by atoms with Gasteiger partial charge in [-0.1, -0.05) is 39.5 Å². The van der Waals surface area contributed by atoms with Crippen LogP contribution in [0.1, 0.15) is 78.1 Å². The predicted octanol–water partition coefficient (Wildman–Crippen LogP) is 4.20. The molecule has 0 aromatic rings. The number of rotatable bonds is 7. The van der Waals surface area contributed by atoms with Crippen LogP contribution in [-0.4, -0.2) is 37.1 Å². The van der Waals surface area contributed by atoms with E-state index in [1.165, 1.54) is 90.4 Å². The van der Waals surface area contributed by atoms with E-state index in [2.05, 4.69) is 24.1 Å². The second-order valence-corrected chi connectivity index (χ2v) is 7.27. The van der Waals surface area contributed by atoms with Gasteiger partial charge in [0.05, 0.1) is 0 Å². The fourth-order valence-corrected chi connectivity index (χ4v) is 4.40. The molecule has 0 bridgehead atoms. The Morgan fingerprint density at radius 1 is 1.05 bits per heavy atom. The summed E-state index contributed by atoms with van der Waals surface area (Å²) < 4.78 is 0. The first-order chi connectivity index (χ1) is 9.79. The molecule has 1 saturated heterocycles. The molecule has 0 aromatic heterocycles. The Morgan fingerprint density at radius 2 is 1.80 bits per heavy atom. The highest BCUT2D eigenvalue weighted by Gasteiger charge is 2.35. The van der Waals surface area contributed by atoms with Crippen LogP contribution in [0.3, 0.4) is 0 Å². The maximum absolute atomic E-state index is 3.75. The van der Waals surface area contributed by atoms with Gasteiger partial charge in [-0.3, -0.25) is 4.90 Å². The van der Waals surface area contributed by atoms with Gasteiger partial charge in [0.1, 0.15) is 0 Å². The van der Waals surface area contributed by atoms with Gasteiger partial charge in [0.15, 0.2) is 0 Å². The zero-order chi connectivity index (χ0) is 14.3. The van der Waals surface area contributed by atoms with Gasteiger partial charge < -0.3 is 5.32 Å². The lowest BCUT2D eigenvalue weighted by atomic mass is 9.79. The quantitative estimate of drug-likeness (QED) is 0.555. The second kappa shape index (κ2) is 8.38. The Bertz CT molecular complexity index is 256. The largest absolute Gasteiger partial charge is 0.316 e. The molecule has 1 heterocycles. The van der Waals surface area contributed by atoms with Gasteiger partial charge in [0.2, 0.25) is 0 Å². The van der Waals surface area contributed by atoms with Crippen molar-refractivity contribution in [2.24, 2.45) is 5.41 Å². The van der Waals surface area contributed by atoms with Crippen molar-refractivity contribution in [3.05, 3.63) is 0 Å². The SMILES string of the molecule is CCCNCC1(CN2CCCC2CC)CCCCCC1. The van der Waals surface area contributed by atoms with Crippen molar-refractivity contribution in [3.8, 4) is 0 Å². The van der Waals surface area contributed by atoms with E-state index >= 15 is 0 Å². The normalized spacial score (nSPS) is 27.6. The third kappa shape index (κ3) is 4.46. The van der Waals surface area contributed by atoms with E-state index in [-0.39, 0.29) is 0 Å². The van der Waals surface area contributed by atoms with Crippen LogP contribution in [0.4, 0.5) is 0 Å². The first-order valence-electron chi connectivity index (χ1n) is 9.24. The minimum atomic E-state index is 0.573. The van der Waals surface area contributed by atoms with Crippen molar-refractivity contribution in [1.82, 2.24) is 10.2 Å². The first kappa shape index (κ1) is 16.3. The number of likely N-dealkylation sites (tertiary alicyclic amines) is 1. The summed E-state index contributed by atoms with van der Waals surface area (Å²) >= 11 is 0. The Balaban J connectivity index is 1.96. The average Bonchev–Trinajstić information content (AvgIpc) is 2.77. The fraction of sp³-hybridized carbons (Fsp3) is 1.00. The third-order valence-corrected chi connectivity index (χ3v) is 5.60. The lowest BCUT2D eigenvalue weighted by Crippen LogP contribution is -2.45. The zero-order valence-corrected chi connectivity index (χ0v) is 13.9. The molecule has 2 heteroatoms. The number of hydrogen-bond donors (Lipinski definition) is 1. The predicted molar refractivity (Wildman–Crippen MR) is 88.2 cm³/mol. The average molecular weight is 280 g/mol. The van der Waals surface area contributed by atoms with Crippen molar-refractivity contribution in [3.63, 3.8) is 0 Å². The molecular weight excluding hydrogens is 244 g/mol. The van der Waals surface area contributed by atoms with Crippen LogP contribution < -0.4 is 5.32 Å². The topological polar surface area (TPSA) is 15.3 Å². The van der Waals surface area contributed by atoms with Gasteiger partial charge in [0, 0.05) is 19.1 Å². The molecule has 1 aliphatic carbocycles. The molecule has 0 spiro atoms. The maximum atomic E-state index is 3.75. The summed E-state index contributed by atoms with van der Waals surface area (Å²) in [5, 5.41) is 3.75. The minimum absolute atomic E-state index is 0.573. The van der Waals surface area contributed by atoms with E-state index < -0.39 is 0 Å². The Morgan fingerprint density at radius 3 is 2.45 bits per heavy atom. The summed E-state index contributed by atoms with van der Waals surface area (Å²) in [6.07, 6.45) is 14.2. The summed E-state index contributed by atoms with van der Waals surface area (Å²) in [5.41, 5.74) is 0.573. The van der Waals surface area contributed by atoms with Crippen molar-refractivity contribution in [2.45, 2.75) is 84.1 Å². The van der Waals surface area contributed by atoms with E-state index in [1.54, 1.807) is 0 Å². The Hall–Kier alpha value is -0.0800. The van der Waals surface area contributed by atoms with Crippen LogP contribution in [0.15, 0.2) is 0 Å².